The Bertz CT molecular complexity index is 652. The fraction of sp³-hybridized carbons (Fsp3) is 0.267. The van der Waals surface area contributed by atoms with Crippen LogP contribution < -0.4 is 10.6 Å². The molecule has 110 valence electrons. The van der Waals surface area contributed by atoms with Crippen LogP contribution in [0.3, 0.4) is 0 Å². The lowest BCUT2D eigenvalue weighted by Crippen LogP contribution is -2.17. The first-order valence-electron chi connectivity index (χ1n) is 6.67. The van der Waals surface area contributed by atoms with Gasteiger partial charge in [0.15, 0.2) is 0 Å². The van der Waals surface area contributed by atoms with E-state index in [1.165, 1.54) is 12.1 Å². The fourth-order valence-corrected chi connectivity index (χ4v) is 2.02. The molecule has 0 fully saturated rings. The molecular formula is C15H17FN4O. The number of rotatable bonds is 4. The Morgan fingerprint density at radius 1 is 1.24 bits per heavy atom. The van der Waals surface area contributed by atoms with Crippen molar-refractivity contribution < 1.29 is 9.18 Å². The number of nitrogens with one attached hydrogen (secondary N) is 2. The van der Waals surface area contributed by atoms with Gasteiger partial charge in [-0.05, 0) is 39.0 Å². The number of carbonyl (C=O) groups excluding carboxylic acids is 1. The van der Waals surface area contributed by atoms with Gasteiger partial charge in [0.05, 0.1) is 11.3 Å². The standard InChI is InChI=1S/C15H17FN4O/c1-4-17-13-11(6-5-7-12(13)16)14(21)20-15-18-9(2)8-10(3)19-15/h5-8,17H,4H2,1-3H3,(H,18,19,20,21). The van der Waals surface area contributed by atoms with Crippen LogP contribution in [-0.4, -0.2) is 22.4 Å². The summed E-state index contributed by atoms with van der Waals surface area (Å²) < 4.78 is 13.8. The van der Waals surface area contributed by atoms with Crippen molar-refractivity contribution in [3.63, 3.8) is 0 Å². The Labute approximate surface area is 122 Å². The van der Waals surface area contributed by atoms with Crippen LogP contribution in [0.1, 0.15) is 28.7 Å². The van der Waals surface area contributed by atoms with Gasteiger partial charge in [0, 0.05) is 17.9 Å². The number of carbonyl (C=O) groups is 1. The summed E-state index contributed by atoms with van der Waals surface area (Å²) in [5.41, 5.74) is 1.91. The molecule has 0 spiro atoms. The molecule has 0 atom stereocenters. The molecule has 1 aromatic heterocycles. The van der Waals surface area contributed by atoms with Crippen LogP contribution in [0.4, 0.5) is 16.0 Å². The number of aryl methyl sites for hydroxylation is 2. The van der Waals surface area contributed by atoms with Crippen molar-refractivity contribution in [2.24, 2.45) is 0 Å². The van der Waals surface area contributed by atoms with E-state index in [-0.39, 0.29) is 17.2 Å². The molecule has 0 unspecified atom stereocenters. The maximum Gasteiger partial charge on any atom is 0.260 e. The number of nitrogens with zero attached hydrogens (tertiary/aromatic N) is 2. The molecule has 21 heavy (non-hydrogen) atoms. The molecular weight excluding hydrogens is 271 g/mol. The van der Waals surface area contributed by atoms with E-state index in [1.54, 1.807) is 6.07 Å². The summed E-state index contributed by atoms with van der Waals surface area (Å²) in [6.45, 7) is 5.98. The number of anilines is 2. The summed E-state index contributed by atoms with van der Waals surface area (Å²) >= 11 is 0. The molecule has 0 saturated heterocycles. The Kier molecular flexibility index (Phi) is 4.47. The normalized spacial score (nSPS) is 10.3. The fourth-order valence-electron chi connectivity index (χ4n) is 2.02. The number of halogens is 1. The Hall–Kier alpha value is -2.50. The van der Waals surface area contributed by atoms with Gasteiger partial charge in [0.2, 0.25) is 5.95 Å². The van der Waals surface area contributed by atoms with Crippen molar-refractivity contribution in [2.75, 3.05) is 17.2 Å². The molecule has 0 saturated carbocycles. The van der Waals surface area contributed by atoms with Gasteiger partial charge in [-0.25, -0.2) is 14.4 Å². The summed E-state index contributed by atoms with van der Waals surface area (Å²) in [5.74, 6) is -0.703. The number of hydrogen-bond donors (Lipinski definition) is 2. The zero-order valence-electron chi connectivity index (χ0n) is 12.2. The predicted molar refractivity (Wildman–Crippen MR) is 80.0 cm³/mol. The van der Waals surface area contributed by atoms with E-state index in [0.29, 0.717) is 6.54 Å². The van der Waals surface area contributed by atoms with Crippen LogP contribution in [-0.2, 0) is 0 Å². The Morgan fingerprint density at radius 2 is 1.90 bits per heavy atom. The van der Waals surface area contributed by atoms with Crippen LogP contribution in [0.5, 0.6) is 0 Å². The second kappa shape index (κ2) is 6.30. The van der Waals surface area contributed by atoms with E-state index in [2.05, 4.69) is 20.6 Å². The third kappa shape index (κ3) is 3.53. The highest BCUT2D eigenvalue weighted by Gasteiger charge is 2.15. The summed E-state index contributed by atoms with van der Waals surface area (Å²) in [5, 5.41) is 5.46. The lowest BCUT2D eigenvalue weighted by Gasteiger charge is -2.11. The molecule has 1 amide bonds. The number of hydrogen-bond acceptors (Lipinski definition) is 4. The minimum Gasteiger partial charge on any atom is -0.382 e. The highest BCUT2D eigenvalue weighted by Crippen LogP contribution is 2.20. The first kappa shape index (κ1) is 14.9. The molecule has 2 rings (SSSR count). The Balaban J connectivity index is 2.30. The largest absolute Gasteiger partial charge is 0.382 e. The Morgan fingerprint density at radius 3 is 2.52 bits per heavy atom. The van der Waals surface area contributed by atoms with E-state index >= 15 is 0 Å². The van der Waals surface area contributed by atoms with Crippen molar-refractivity contribution in [1.29, 1.82) is 0 Å². The number of amides is 1. The second-order valence-corrected chi connectivity index (χ2v) is 4.62. The summed E-state index contributed by atoms with van der Waals surface area (Å²) in [7, 11) is 0. The van der Waals surface area contributed by atoms with Crippen molar-refractivity contribution in [1.82, 2.24) is 9.97 Å². The number of para-hydroxylation sites is 1. The number of aromatic nitrogens is 2. The van der Waals surface area contributed by atoms with E-state index in [9.17, 15) is 9.18 Å². The van der Waals surface area contributed by atoms with Gasteiger partial charge >= 0.3 is 0 Å². The van der Waals surface area contributed by atoms with Crippen LogP contribution >= 0.6 is 0 Å². The average molecular weight is 288 g/mol. The SMILES string of the molecule is CCNc1c(F)cccc1C(=O)Nc1nc(C)cc(C)n1. The maximum absolute atomic E-state index is 13.8. The topological polar surface area (TPSA) is 66.9 Å². The van der Waals surface area contributed by atoms with Gasteiger partial charge in [-0.2, -0.15) is 0 Å². The molecule has 0 aliphatic rings. The lowest BCUT2D eigenvalue weighted by molar-refractivity contribution is 0.102. The average Bonchev–Trinajstić information content (AvgIpc) is 2.40. The molecule has 2 aromatic rings. The van der Waals surface area contributed by atoms with E-state index < -0.39 is 11.7 Å². The van der Waals surface area contributed by atoms with Gasteiger partial charge in [-0.3, -0.25) is 10.1 Å². The van der Waals surface area contributed by atoms with Crippen molar-refractivity contribution in [2.45, 2.75) is 20.8 Å². The van der Waals surface area contributed by atoms with Crippen LogP contribution in [0.2, 0.25) is 0 Å². The van der Waals surface area contributed by atoms with Gasteiger partial charge < -0.3 is 5.32 Å². The molecule has 0 aliphatic carbocycles. The first-order valence-corrected chi connectivity index (χ1v) is 6.67. The molecule has 0 aliphatic heterocycles. The molecule has 1 aromatic carbocycles. The molecule has 1 heterocycles. The summed E-state index contributed by atoms with van der Waals surface area (Å²) in [6.07, 6.45) is 0. The zero-order chi connectivity index (χ0) is 15.4. The second-order valence-electron chi connectivity index (χ2n) is 4.62. The predicted octanol–water partition coefficient (Wildman–Crippen LogP) is 2.92. The first-order chi connectivity index (χ1) is 10.0. The molecule has 6 heteroatoms. The molecule has 0 radical (unpaired) electrons. The quantitative estimate of drug-likeness (QED) is 0.907. The maximum atomic E-state index is 13.8. The van der Waals surface area contributed by atoms with Crippen molar-refractivity contribution in [3.8, 4) is 0 Å². The highest BCUT2D eigenvalue weighted by molar-refractivity contribution is 6.07. The highest BCUT2D eigenvalue weighted by atomic mass is 19.1. The smallest absolute Gasteiger partial charge is 0.260 e. The van der Waals surface area contributed by atoms with Gasteiger partial charge in [-0.15, -0.1) is 0 Å². The van der Waals surface area contributed by atoms with E-state index in [1.807, 2.05) is 26.8 Å². The van der Waals surface area contributed by atoms with Gasteiger partial charge in [-0.1, -0.05) is 6.07 Å². The summed E-state index contributed by atoms with van der Waals surface area (Å²) in [4.78, 5) is 20.6. The minimum absolute atomic E-state index is 0.182. The molecule has 0 bridgehead atoms. The van der Waals surface area contributed by atoms with Crippen molar-refractivity contribution >= 4 is 17.5 Å². The summed E-state index contributed by atoms with van der Waals surface area (Å²) in [6, 6.07) is 6.16. The minimum atomic E-state index is -0.467. The van der Waals surface area contributed by atoms with Crippen LogP contribution in [0.25, 0.3) is 0 Å². The monoisotopic (exact) mass is 288 g/mol. The van der Waals surface area contributed by atoms with E-state index in [4.69, 9.17) is 0 Å². The van der Waals surface area contributed by atoms with Crippen LogP contribution in [0, 0.1) is 19.7 Å². The number of benzene rings is 1. The van der Waals surface area contributed by atoms with Crippen LogP contribution in [0.15, 0.2) is 24.3 Å². The zero-order valence-corrected chi connectivity index (χ0v) is 12.2. The lowest BCUT2D eigenvalue weighted by atomic mass is 10.1. The third-order valence-corrected chi connectivity index (χ3v) is 2.82. The van der Waals surface area contributed by atoms with Gasteiger partial charge in [0.1, 0.15) is 5.82 Å². The third-order valence-electron chi connectivity index (χ3n) is 2.82. The molecule has 5 nitrogen and oxygen atoms in total. The van der Waals surface area contributed by atoms with Gasteiger partial charge in [0.25, 0.3) is 5.91 Å². The van der Waals surface area contributed by atoms with Crippen molar-refractivity contribution in [3.05, 3.63) is 47.0 Å². The molecule has 2 N–H and O–H groups in total. The van der Waals surface area contributed by atoms with E-state index in [0.717, 1.165) is 11.4 Å².